The number of nitro groups is 1. The van der Waals surface area contributed by atoms with Gasteiger partial charge in [-0.05, 0) is 13.0 Å². The zero-order valence-electron chi connectivity index (χ0n) is 9.57. The van der Waals surface area contributed by atoms with E-state index in [1.807, 2.05) is 4.90 Å². The first-order chi connectivity index (χ1) is 8.09. The Labute approximate surface area is 98.4 Å². The number of anilines is 1. The van der Waals surface area contributed by atoms with Gasteiger partial charge < -0.3 is 10.2 Å². The molecule has 1 N–H and O–H groups in total. The third-order valence-electron chi connectivity index (χ3n) is 2.92. The molecule has 5 nitrogen and oxygen atoms in total. The maximum atomic E-state index is 13.8. The Morgan fingerprint density at radius 3 is 2.65 bits per heavy atom. The summed E-state index contributed by atoms with van der Waals surface area (Å²) in [6.45, 7) is 4.66. The number of nitrogens with one attached hydrogen (secondary N) is 1. The molecule has 6 heteroatoms. The normalized spacial score (nSPS) is 16.0. The first kappa shape index (κ1) is 11.8. The lowest BCUT2D eigenvalue weighted by atomic mass is 10.1. The highest BCUT2D eigenvalue weighted by molar-refractivity contribution is 5.56. The Morgan fingerprint density at radius 2 is 2.06 bits per heavy atom. The predicted octanol–water partition coefficient (Wildman–Crippen LogP) is 1.45. The molecule has 0 unspecified atom stereocenters. The van der Waals surface area contributed by atoms with E-state index in [1.165, 1.54) is 0 Å². The summed E-state index contributed by atoms with van der Waals surface area (Å²) in [4.78, 5) is 12.0. The van der Waals surface area contributed by atoms with Gasteiger partial charge in [0.1, 0.15) is 0 Å². The fourth-order valence-corrected chi connectivity index (χ4v) is 2.00. The molecule has 1 aromatic carbocycles. The quantitative estimate of drug-likeness (QED) is 0.627. The summed E-state index contributed by atoms with van der Waals surface area (Å²) in [5.74, 6) is -0.524. The van der Waals surface area contributed by atoms with E-state index in [9.17, 15) is 14.5 Å². The lowest BCUT2D eigenvalue weighted by molar-refractivity contribution is -0.385. The summed E-state index contributed by atoms with van der Waals surface area (Å²) >= 11 is 0. The van der Waals surface area contributed by atoms with E-state index in [1.54, 1.807) is 13.0 Å². The Kier molecular flexibility index (Phi) is 3.23. The average Bonchev–Trinajstić information content (AvgIpc) is 2.32. The lowest BCUT2D eigenvalue weighted by Gasteiger charge is -2.29. The van der Waals surface area contributed by atoms with Crippen molar-refractivity contribution in [2.24, 2.45) is 0 Å². The minimum atomic E-state index is -0.556. The van der Waals surface area contributed by atoms with E-state index in [4.69, 9.17) is 0 Å². The number of aryl methyl sites for hydroxylation is 1. The number of nitrogens with zero attached hydrogens (tertiary/aromatic N) is 2. The summed E-state index contributed by atoms with van der Waals surface area (Å²) < 4.78 is 13.8. The summed E-state index contributed by atoms with van der Waals surface area (Å²) in [5, 5.41) is 13.9. The zero-order valence-corrected chi connectivity index (χ0v) is 9.57. The number of rotatable bonds is 2. The smallest absolute Gasteiger partial charge is 0.275 e. The Bertz CT molecular complexity index is 445. The van der Waals surface area contributed by atoms with Crippen molar-refractivity contribution in [1.29, 1.82) is 0 Å². The molecule has 92 valence electrons. The second kappa shape index (κ2) is 4.67. The van der Waals surface area contributed by atoms with E-state index in [-0.39, 0.29) is 5.69 Å². The molecule has 0 spiro atoms. The lowest BCUT2D eigenvalue weighted by Crippen LogP contribution is -2.43. The maximum absolute atomic E-state index is 13.8. The van der Waals surface area contributed by atoms with Crippen molar-refractivity contribution >= 4 is 11.4 Å². The standard InChI is InChI=1S/C11H14FN3O2/c1-8-6-11(14-4-2-13-3-5-14)9(12)7-10(8)15(16)17/h6-7,13H,2-5H2,1H3. The van der Waals surface area contributed by atoms with Crippen LogP contribution in [0.1, 0.15) is 5.56 Å². The minimum Gasteiger partial charge on any atom is -0.367 e. The molecule has 0 amide bonds. The zero-order chi connectivity index (χ0) is 12.4. The van der Waals surface area contributed by atoms with Crippen LogP contribution in [0.3, 0.4) is 0 Å². The molecular weight excluding hydrogens is 225 g/mol. The van der Waals surface area contributed by atoms with Gasteiger partial charge in [-0.15, -0.1) is 0 Å². The summed E-state index contributed by atoms with van der Waals surface area (Å²) in [5.41, 5.74) is 0.779. The summed E-state index contributed by atoms with van der Waals surface area (Å²) in [6, 6.07) is 2.56. The van der Waals surface area contributed by atoms with Crippen molar-refractivity contribution in [3.63, 3.8) is 0 Å². The first-order valence-electron chi connectivity index (χ1n) is 5.50. The molecule has 0 aliphatic carbocycles. The number of hydrogen-bond acceptors (Lipinski definition) is 4. The van der Waals surface area contributed by atoms with E-state index in [0.717, 1.165) is 19.2 Å². The molecule has 1 aromatic rings. The van der Waals surface area contributed by atoms with Crippen LogP contribution in [0.15, 0.2) is 12.1 Å². The second-order valence-corrected chi connectivity index (χ2v) is 4.08. The number of benzene rings is 1. The van der Waals surface area contributed by atoms with Gasteiger partial charge >= 0.3 is 0 Å². The van der Waals surface area contributed by atoms with E-state index < -0.39 is 10.7 Å². The highest BCUT2D eigenvalue weighted by Gasteiger charge is 2.20. The number of piperazine rings is 1. The van der Waals surface area contributed by atoms with Gasteiger partial charge in [0, 0.05) is 31.7 Å². The molecule has 1 saturated heterocycles. The summed E-state index contributed by atoms with van der Waals surface area (Å²) in [6.07, 6.45) is 0. The Balaban J connectivity index is 2.35. The van der Waals surface area contributed by atoms with Gasteiger partial charge in [-0.2, -0.15) is 0 Å². The van der Waals surface area contributed by atoms with Gasteiger partial charge in [0.05, 0.1) is 16.7 Å². The van der Waals surface area contributed by atoms with Crippen molar-refractivity contribution in [2.75, 3.05) is 31.1 Å². The van der Waals surface area contributed by atoms with Crippen molar-refractivity contribution in [3.8, 4) is 0 Å². The molecule has 1 fully saturated rings. The molecule has 1 aliphatic heterocycles. The Hall–Kier alpha value is -1.69. The third-order valence-corrected chi connectivity index (χ3v) is 2.92. The van der Waals surface area contributed by atoms with Gasteiger partial charge in [0.2, 0.25) is 0 Å². The molecule has 0 bridgehead atoms. The number of halogens is 1. The van der Waals surface area contributed by atoms with Crippen LogP contribution in [0.4, 0.5) is 15.8 Å². The topological polar surface area (TPSA) is 58.4 Å². The fraction of sp³-hybridized carbons (Fsp3) is 0.455. The van der Waals surface area contributed by atoms with Crippen LogP contribution < -0.4 is 10.2 Å². The number of nitro benzene ring substituents is 1. The maximum Gasteiger partial charge on any atom is 0.275 e. The van der Waals surface area contributed by atoms with E-state index in [0.29, 0.717) is 24.3 Å². The highest BCUT2D eigenvalue weighted by atomic mass is 19.1. The van der Waals surface area contributed by atoms with Gasteiger partial charge in [-0.25, -0.2) is 4.39 Å². The molecule has 0 aromatic heterocycles. The van der Waals surface area contributed by atoms with Crippen molar-refractivity contribution < 1.29 is 9.31 Å². The molecule has 0 atom stereocenters. The van der Waals surface area contributed by atoms with Crippen LogP contribution in [-0.2, 0) is 0 Å². The minimum absolute atomic E-state index is 0.165. The second-order valence-electron chi connectivity index (χ2n) is 4.08. The van der Waals surface area contributed by atoms with Gasteiger partial charge in [-0.1, -0.05) is 0 Å². The molecular formula is C11H14FN3O2. The van der Waals surface area contributed by atoms with E-state index in [2.05, 4.69) is 5.32 Å². The van der Waals surface area contributed by atoms with Crippen LogP contribution in [0.25, 0.3) is 0 Å². The molecule has 0 radical (unpaired) electrons. The van der Waals surface area contributed by atoms with Gasteiger partial charge in [0.15, 0.2) is 5.82 Å². The van der Waals surface area contributed by atoms with Crippen LogP contribution >= 0.6 is 0 Å². The fourth-order valence-electron chi connectivity index (χ4n) is 2.00. The average molecular weight is 239 g/mol. The van der Waals surface area contributed by atoms with Crippen LogP contribution in [0.5, 0.6) is 0 Å². The summed E-state index contributed by atoms with van der Waals surface area (Å²) in [7, 11) is 0. The largest absolute Gasteiger partial charge is 0.367 e. The molecule has 17 heavy (non-hydrogen) atoms. The van der Waals surface area contributed by atoms with Crippen molar-refractivity contribution in [2.45, 2.75) is 6.92 Å². The molecule has 2 rings (SSSR count). The molecule has 1 heterocycles. The van der Waals surface area contributed by atoms with Crippen LogP contribution in [0, 0.1) is 22.9 Å². The SMILES string of the molecule is Cc1cc(N2CCNCC2)c(F)cc1[N+](=O)[O-]. The Morgan fingerprint density at radius 1 is 1.41 bits per heavy atom. The predicted molar refractivity (Wildman–Crippen MR) is 62.9 cm³/mol. The number of hydrogen-bond donors (Lipinski definition) is 1. The van der Waals surface area contributed by atoms with Crippen molar-refractivity contribution in [1.82, 2.24) is 5.32 Å². The third kappa shape index (κ3) is 2.36. The van der Waals surface area contributed by atoms with Gasteiger partial charge in [-0.3, -0.25) is 10.1 Å². The van der Waals surface area contributed by atoms with Gasteiger partial charge in [0.25, 0.3) is 5.69 Å². The van der Waals surface area contributed by atoms with Crippen LogP contribution in [0.2, 0.25) is 0 Å². The molecule has 1 aliphatic rings. The first-order valence-corrected chi connectivity index (χ1v) is 5.50. The van der Waals surface area contributed by atoms with Crippen LogP contribution in [-0.4, -0.2) is 31.1 Å². The molecule has 0 saturated carbocycles. The van der Waals surface area contributed by atoms with E-state index >= 15 is 0 Å². The van der Waals surface area contributed by atoms with Crippen molar-refractivity contribution in [3.05, 3.63) is 33.6 Å². The highest BCUT2D eigenvalue weighted by Crippen LogP contribution is 2.28. The monoisotopic (exact) mass is 239 g/mol.